The highest BCUT2D eigenvalue weighted by molar-refractivity contribution is 6.17. The molecule has 0 saturated carbocycles. The van der Waals surface area contributed by atoms with Crippen LogP contribution in [0.1, 0.15) is 96.9 Å². The van der Waals surface area contributed by atoms with Gasteiger partial charge in [-0.3, -0.25) is 0 Å². The Balaban J connectivity index is 0.000000237. The Kier molecular flexibility index (Phi) is 23.2. The third-order valence-corrected chi connectivity index (χ3v) is 11.1. The molecule has 0 aliphatic carbocycles. The van der Waals surface area contributed by atoms with Crippen LogP contribution in [0.25, 0.3) is 87.0 Å². The highest BCUT2D eigenvalue weighted by Crippen LogP contribution is 2.37. The van der Waals surface area contributed by atoms with Crippen LogP contribution in [0, 0.1) is 0 Å². The lowest BCUT2D eigenvalue weighted by molar-refractivity contribution is 0.321. The van der Waals surface area contributed by atoms with Gasteiger partial charge in [-0.15, -0.1) is 0 Å². The number of benzene rings is 8. The van der Waals surface area contributed by atoms with E-state index in [1.165, 1.54) is 104 Å². The van der Waals surface area contributed by atoms with Crippen LogP contribution >= 0.6 is 0 Å². The zero-order chi connectivity index (χ0) is 47.0. The molecule has 0 bridgehead atoms. The van der Waals surface area contributed by atoms with Crippen molar-refractivity contribution in [2.75, 3.05) is 39.3 Å². The number of hydrogen-bond donors (Lipinski definition) is 0. The van der Waals surface area contributed by atoms with E-state index in [2.05, 4.69) is 197 Å². The molecule has 8 aromatic carbocycles. The summed E-state index contributed by atoms with van der Waals surface area (Å²) < 4.78 is 12.2. The largest absolute Gasteiger partial charge is 0.456 e. The Morgan fingerprint density at radius 2 is 0.562 bits per heavy atom. The van der Waals surface area contributed by atoms with Gasteiger partial charge in [-0.1, -0.05) is 200 Å². The molecule has 64 heavy (non-hydrogen) atoms. The van der Waals surface area contributed by atoms with Gasteiger partial charge in [0.1, 0.15) is 22.3 Å². The van der Waals surface area contributed by atoms with Gasteiger partial charge < -0.3 is 18.6 Å². The lowest BCUT2D eigenvalue weighted by atomic mass is 10.0. The van der Waals surface area contributed by atoms with E-state index >= 15 is 0 Å². The Morgan fingerprint density at radius 3 is 0.891 bits per heavy atom. The van der Waals surface area contributed by atoms with E-state index in [4.69, 9.17) is 8.83 Å². The molecular formula is C60H78N2O2. The van der Waals surface area contributed by atoms with E-state index in [1.54, 1.807) is 0 Å². The summed E-state index contributed by atoms with van der Waals surface area (Å²) in [5.74, 6) is 0. The molecule has 0 saturated heterocycles. The fourth-order valence-corrected chi connectivity index (χ4v) is 7.68. The summed E-state index contributed by atoms with van der Waals surface area (Å²) in [5, 5.41) is 14.6. The number of hydrogen-bond acceptors (Lipinski definition) is 4. The summed E-state index contributed by atoms with van der Waals surface area (Å²) in [4.78, 5) is 4.75. The molecule has 0 aliphatic heterocycles. The molecule has 0 radical (unpaired) electrons. The summed E-state index contributed by atoms with van der Waals surface area (Å²) in [5.41, 5.74) is 3.86. The average molecular weight is 859 g/mol. The summed E-state index contributed by atoms with van der Waals surface area (Å²) in [6.07, 6.45) is 0. The zero-order valence-corrected chi connectivity index (χ0v) is 41.8. The van der Waals surface area contributed by atoms with Crippen molar-refractivity contribution in [3.05, 3.63) is 146 Å². The second kappa shape index (κ2) is 28.2. The first-order chi connectivity index (χ1) is 31.5. The van der Waals surface area contributed by atoms with Crippen LogP contribution in [0.3, 0.4) is 0 Å². The predicted molar refractivity (Wildman–Crippen MR) is 290 cm³/mol. The van der Waals surface area contributed by atoms with Gasteiger partial charge in [0.05, 0.1) is 0 Å². The van der Waals surface area contributed by atoms with Crippen LogP contribution in [0.15, 0.2) is 154 Å². The fourth-order valence-electron chi connectivity index (χ4n) is 7.68. The van der Waals surface area contributed by atoms with Gasteiger partial charge in [-0.05, 0) is 119 Å². The molecule has 2 aromatic heterocycles. The first-order valence-corrected chi connectivity index (χ1v) is 24.4. The summed E-state index contributed by atoms with van der Waals surface area (Å²) in [6, 6.07) is 51.0. The molecular weight excluding hydrogens is 781 g/mol. The van der Waals surface area contributed by atoms with Crippen LogP contribution in [0.4, 0.5) is 0 Å². The van der Waals surface area contributed by atoms with Crippen molar-refractivity contribution in [2.24, 2.45) is 0 Å². The molecule has 0 fully saturated rings. The van der Waals surface area contributed by atoms with Gasteiger partial charge in [-0.2, -0.15) is 0 Å². The van der Waals surface area contributed by atoms with Crippen molar-refractivity contribution in [3.63, 3.8) is 0 Å². The standard InChI is InChI=1S/2C20H12O.2C6H15N.4C2H6/c1-3-7-15-11-19-17(9-13(15)5-1)18-10-14-6-2-4-8-16(14)12-20(18)21-19;1-2-7-15-12-19-18(11-14(15)6-1)17-10-9-13-5-3-4-8-16(13)20(17)21-19;2*1-4-7(5-2)6-3;4*1-2/h2*1-12H;2*4-6H2,1-3H3;4*1-2H3. The van der Waals surface area contributed by atoms with Crippen LogP contribution in [-0.4, -0.2) is 49.1 Å². The second-order valence-corrected chi connectivity index (χ2v) is 14.2. The molecule has 2 heterocycles. The molecule has 4 nitrogen and oxygen atoms in total. The number of furan rings is 2. The topological polar surface area (TPSA) is 32.8 Å². The number of fused-ring (bicyclic) bond motifs is 11. The quantitative estimate of drug-likeness (QED) is 0.167. The molecule has 0 amide bonds. The molecule has 0 atom stereocenters. The minimum atomic E-state index is 0.957. The Morgan fingerprint density at radius 1 is 0.281 bits per heavy atom. The molecule has 10 rings (SSSR count). The monoisotopic (exact) mass is 859 g/mol. The van der Waals surface area contributed by atoms with Crippen LogP contribution in [0.2, 0.25) is 0 Å². The molecule has 10 aromatic rings. The van der Waals surface area contributed by atoms with E-state index in [0.717, 1.165) is 22.3 Å². The van der Waals surface area contributed by atoms with E-state index < -0.39 is 0 Å². The lowest BCUT2D eigenvalue weighted by Crippen LogP contribution is -2.21. The fraction of sp³-hybridized carbons (Fsp3) is 0.333. The zero-order valence-electron chi connectivity index (χ0n) is 41.8. The summed E-state index contributed by atoms with van der Waals surface area (Å²) in [6.45, 7) is 36.2. The van der Waals surface area contributed by atoms with Crippen molar-refractivity contribution >= 4 is 87.0 Å². The minimum Gasteiger partial charge on any atom is -0.456 e. The molecule has 0 N–H and O–H groups in total. The van der Waals surface area contributed by atoms with Crippen molar-refractivity contribution in [1.29, 1.82) is 0 Å². The van der Waals surface area contributed by atoms with Crippen LogP contribution in [0.5, 0.6) is 0 Å². The first kappa shape index (κ1) is 52.7. The molecule has 0 aliphatic rings. The van der Waals surface area contributed by atoms with Crippen molar-refractivity contribution in [3.8, 4) is 0 Å². The number of nitrogens with zero attached hydrogens (tertiary/aromatic N) is 2. The number of rotatable bonds is 6. The van der Waals surface area contributed by atoms with E-state index in [9.17, 15) is 0 Å². The SMILES string of the molecule is CC.CC.CC.CC.CCN(CC)CC.CCN(CC)CC.c1ccc2cc3c(cc2c1)oc1c2ccccc2ccc31.c1ccc2cc3c(cc2c1)oc1cc2ccccc2cc13. The third kappa shape index (κ3) is 13.0. The van der Waals surface area contributed by atoms with Gasteiger partial charge in [0.25, 0.3) is 0 Å². The Bertz CT molecular complexity index is 2710. The van der Waals surface area contributed by atoms with Crippen LogP contribution in [-0.2, 0) is 0 Å². The molecule has 0 spiro atoms. The molecule has 340 valence electrons. The third-order valence-electron chi connectivity index (χ3n) is 11.1. The van der Waals surface area contributed by atoms with Gasteiger partial charge in [0, 0.05) is 26.9 Å². The van der Waals surface area contributed by atoms with Gasteiger partial charge in [0.2, 0.25) is 0 Å². The maximum Gasteiger partial charge on any atom is 0.143 e. The van der Waals surface area contributed by atoms with Crippen molar-refractivity contribution in [1.82, 2.24) is 9.80 Å². The van der Waals surface area contributed by atoms with Gasteiger partial charge >= 0.3 is 0 Å². The Hall–Kier alpha value is -5.68. The first-order valence-electron chi connectivity index (χ1n) is 24.4. The minimum absolute atomic E-state index is 0.957. The van der Waals surface area contributed by atoms with E-state index in [1.807, 2.05) is 55.4 Å². The average Bonchev–Trinajstić information content (AvgIpc) is 3.92. The normalized spacial score (nSPS) is 10.4. The summed E-state index contributed by atoms with van der Waals surface area (Å²) in [7, 11) is 0. The van der Waals surface area contributed by atoms with Crippen molar-refractivity contribution < 1.29 is 8.83 Å². The van der Waals surface area contributed by atoms with Gasteiger partial charge in [0.15, 0.2) is 0 Å². The molecule has 4 heteroatoms. The predicted octanol–water partition coefficient (Wildman–Crippen LogP) is 18.6. The smallest absolute Gasteiger partial charge is 0.143 e. The lowest BCUT2D eigenvalue weighted by Gasteiger charge is -2.13. The highest BCUT2D eigenvalue weighted by Gasteiger charge is 2.12. The van der Waals surface area contributed by atoms with E-state index in [-0.39, 0.29) is 0 Å². The maximum atomic E-state index is 6.17. The van der Waals surface area contributed by atoms with Crippen LogP contribution < -0.4 is 0 Å². The summed E-state index contributed by atoms with van der Waals surface area (Å²) >= 11 is 0. The van der Waals surface area contributed by atoms with E-state index in [0.29, 0.717) is 0 Å². The second-order valence-electron chi connectivity index (χ2n) is 14.2. The van der Waals surface area contributed by atoms with Gasteiger partial charge in [-0.25, -0.2) is 0 Å². The highest BCUT2D eigenvalue weighted by atomic mass is 16.3. The maximum absolute atomic E-state index is 6.17. The molecule has 0 unspecified atom stereocenters. The van der Waals surface area contributed by atoms with Crippen molar-refractivity contribution in [2.45, 2.75) is 96.9 Å². The Labute approximate surface area is 385 Å².